The first-order valence-corrected chi connectivity index (χ1v) is 12.7. The van der Waals surface area contributed by atoms with Crippen molar-refractivity contribution in [2.75, 3.05) is 0 Å². The van der Waals surface area contributed by atoms with Crippen molar-refractivity contribution in [2.45, 2.75) is 78.2 Å². The Bertz CT molecular complexity index is 979. The van der Waals surface area contributed by atoms with Crippen molar-refractivity contribution in [2.24, 2.45) is 5.92 Å². The van der Waals surface area contributed by atoms with Crippen LogP contribution >= 0.6 is 0 Å². The highest BCUT2D eigenvalue weighted by Crippen LogP contribution is 2.31. The summed E-state index contributed by atoms with van der Waals surface area (Å²) in [7, 11) is 0. The van der Waals surface area contributed by atoms with Crippen LogP contribution in [0.1, 0.15) is 71.0 Å². The zero-order valence-electron chi connectivity index (χ0n) is 22.4. The summed E-state index contributed by atoms with van der Waals surface area (Å²) < 4.78 is 11.6. The van der Waals surface area contributed by atoms with Gasteiger partial charge in [-0.25, -0.2) is 4.79 Å². The van der Waals surface area contributed by atoms with E-state index < -0.39 is 23.7 Å². The molecule has 0 aliphatic carbocycles. The quantitative estimate of drug-likeness (QED) is 0.174. The first-order chi connectivity index (χ1) is 17.2. The Morgan fingerprint density at radius 1 is 1.03 bits per heavy atom. The maximum Gasteiger partial charge on any atom is 0.411 e. The van der Waals surface area contributed by atoms with Crippen molar-refractivity contribution in [3.05, 3.63) is 96.6 Å². The second kappa shape index (κ2) is 14.3. The van der Waals surface area contributed by atoms with Crippen LogP contribution < -0.4 is 0 Å². The number of benzene rings is 2. The maximum absolute atomic E-state index is 13.7. The predicted octanol–water partition coefficient (Wildman–Crippen LogP) is 7.65. The second-order valence-corrected chi connectivity index (χ2v) is 9.91. The van der Waals surface area contributed by atoms with Crippen molar-refractivity contribution in [1.29, 1.82) is 0 Å². The van der Waals surface area contributed by atoms with Crippen LogP contribution in [0.2, 0.25) is 0 Å². The van der Waals surface area contributed by atoms with Gasteiger partial charge in [-0.1, -0.05) is 78.9 Å². The Labute approximate surface area is 216 Å². The highest BCUT2D eigenvalue weighted by molar-refractivity contribution is 5.76. The van der Waals surface area contributed by atoms with E-state index in [9.17, 15) is 9.59 Å². The SMILES string of the molecule is C=CCCC[C@H](C(=O)OC(C)(C)C)[C@H](/C=C/C)N(C(=O)OCc1ccccc1)[C@@H](C)c1ccccc1. The number of hydrogen-bond acceptors (Lipinski definition) is 4. The van der Waals surface area contributed by atoms with Gasteiger partial charge in [-0.3, -0.25) is 9.69 Å². The molecule has 2 rings (SSSR count). The van der Waals surface area contributed by atoms with Crippen molar-refractivity contribution in [3.8, 4) is 0 Å². The molecule has 36 heavy (non-hydrogen) atoms. The van der Waals surface area contributed by atoms with E-state index in [4.69, 9.17) is 9.47 Å². The third kappa shape index (κ3) is 9.03. The molecule has 3 atom stereocenters. The van der Waals surface area contributed by atoms with Crippen LogP contribution in [0, 0.1) is 5.92 Å². The lowest BCUT2D eigenvalue weighted by molar-refractivity contribution is -0.162. The molecule has 2 aromatic carbocycles. The van der Waals surface area contributed by atoms with Gasteiger partial charge in [0.25, 0.3) is 0 Å². The van der Waals surface area contributed by atoms with Gasteiger partial charge >= 0.3 is 12.1 Å². The highest BCUT2D eigenvalue weighted by atomic mass is 16.6. The van der Waals surface area contributed by atoms with E-state index in [1.54, 1.807) is 4.90 Å². The molecule has 5 heteroatoms. The Morgan fingerprint density at radius 2 is 1.64 bits per heavy atom. The molecule has 1 amide bonds. The number of nitrogens with zero attached hydrogens (tertiary/aromatic N) is 1. The summed E-state index contributed by atoms with van der Waals surface area (Å²) >= 11 is 0. The van der Waals surface area contributed by atoms with Crippen molar-refractivity contribution >= 4 is 12.1 Å². The molecule has 0 aliphatic heterocycles. The minimum Gasteiger partial charge on any atom is -0.460 e. The standard InChI is InChI=1S/C31H41NO4/c1-7-9-12-22-27(29(33)36-31(4,5)6)28(17-8-2)32(24(3)26-20-15-11-16-21-26)30(34)35-23-25-18-13-10-14-19-25/h7-8,10-11,13-21,24,27-28H,1,9,12,22-23H2,2-6H3/b17-8+/t24-,27-,28-/m0/s1. The molecular formula is C31H41NO4. The number of allylic oxidation sites excluding steroid dienone is 2. The van der Waals surface area contributed by atoms with Gasteiger partial charge < -0.3 is 9.47 Å². The number of rotatable bonds is 12. The van der Waals surface area contributed by atoms with Crippen molar-refractivity contribution < 1.29 is 19.1 Å². The Kier molecular flexibility index (Phi) is 11.5. The van der Waals surface area contributed by atoms with Crippen LogP contribution in [-0.2, 0) is 20.9 Å². The van der Waals surface area contributed by atoms with E-state index >= 15 is 0 Å². The lowest BCUT2D eigenvalue weighted by Gasteiger charge is -2.38. The van der Waals surface area contributed by atoms with Gasteiger partial charge in [-0.15, -0.1) is 6.58 Å². The number of carbonyl (C=O) groups is 2. The number of hydrogen-bond donors (Lipinski definition) is 0. The van der Waals surface area contributed by atoms with Gasteiger partial charge in [0.2, 0.25) is 0 Å². The van der Waals surface area contributed by atoms with Crippen molar-refractivity contribution in [3.63, 3.8) is 0 Å². The third-order valence-corrected chi connectivity index (χ3v) is 5.87. The monoisotopic (exact) mass is 491 g/mol. The van der Waals surface area contributed by atoms with E-state index in [1.165, 1.54) is 0 Å². The molecular weight excluding hydrogens is 450 g/mol. The van der Waals surface area contributed by atoms with Gasteiger partial charge in [0.1, 0.15) is 12.2 Å². The molecule has 0 saturated carbocycles. The molecule has 0 unspecified atom stereocenters. The largest absolute Gasteiger partial charge is 0.460 e. The first-order valence-electron chi connectivity index (χ1n) is 12.7. The van der Waals surface area contributed by atoms with Crippen LogP contribution in [0.5, 0.6) is 0 Å². The van der Waals surface area contributed by atoms with E-state index in [0.29, 0.717) is 6.42 Å². The maximum atomic E-state index is 13.7. The molecule has 0 aliphatic rings. The van der Waals surface area contributed by atoms with Crippen LogP contribution in [0.4, 0.5) is 4.79 Å². The fraction of sp³-hybridized carbons (Fsp3) is 0.419. The topological polar surface area (TPSA) is 55.8 Å². The average Bonchev–Trinajstić information content (AvgIpc) is 2.85. The molecule has 0 saturated heterocycles. The van der Waals surface area contributed by atoms with Crippen LogP contribution in [0.25, 0.3) is 0 Å². The Hall–Kier alpha value is -3.34. The van der Waals surface area contributed by atoms with E-state index in [0.717, 1.165) is 24.0 Å². The van der Waals surface area contributed by atoms with E-state index in [2.05, 4.69) is 6.58 Å². The molecule has 0 aromatic heterocycles. The summed E-state index contributed by atoms with van der Waals surface area (Å²) in [6.07, 6.45) is 7.24. The van der Waals surface area contributed by atoms with Gasteiger partial charge in [0.15, 0.2) is 0 Å². The summed E-state index contributed by atoms with van der Waals surface area (Å²) in [5.41, 5.74) is 1.21. The van der Waals surface area contributed by atoms with Crippen LogP contribution in [-0.4, -0.2) is 28.6 Å². The highest BCUT2D eigenvalue weighted by Gasteiger charge is 2.39. The zero-order valence-corrected chi connectivity index (χ0v) is 22.4. The fourth-order valence-corrected chi connectivity index (χ4v) is 4.13. The number of unbranched alkanes of at least 4 members (excludes halogenated alkanes) is 1. The smallest absolute Gasteiger partial charge is 0.411 e. The van der Waals surface area contributed by atoms with Gasteiger partial charge in [0, 0.05) is 0 Å². The van der Waals surface area contributed by atoms with Crippen LogP contribution in [0.3, 0.4) is 0 Å². The molecule has 2 aromatic rings. The second-order valence-electron chi connectivity index (χ2n) is 9.91. The van der Waals surface area contributed by atoms with Gasteiger partial charge in [-0.2, -0.15) is 0 Å². The van der Waals surface area contributed by atoms with Gasteiger partial charge in [0.05, 0.1) is 18.0 Å². The van der Waals surface area contributed by atoms with Crippen LogP contribution in [0.15, 0.2) is 85.5 Å². The summed E-state index contributed by atoms with van der Waals surface area (Å²) in [5.74, 6) is -0.883. The lowest BCUT2D eigenvalue weighted by Crippen LogP contribution is -2.48. The fourth-order valence-electron chi connectivity index (χ4n) is 4.13. The third-order valence-electron chi connectivity index (χ3n) is 5.87. The molecule has 0 fully saturated rings. The number of esters is 1. The van der Waals surface area contributed by atoms with E-state index in [1.807, 2.05) is 114 Å². The van der Waals surface area contributed by atoms with E-state index in [-0.39, 0.29) is 18.6 Å². The summed E-state index contributed by atoms with van der Waals surface area (Å²) in [6, 6.07) is 18.5. The number of carbonyl (C=O) groups excluding carboxylic acids is 2. The van der Waals surface area contributed by atoms with Crippen molar-refractivity contribution in [1.82, 2.24) is 4.90 Å². The minimum atomic E-state index is -0.641. The average molecular weight is 492 g/mol. The normalized spacial score (nSPS) is 14.0. The molecule has 194 valence electrons. The molecule has 0 spiro atoms. The predicted molar refractivity (Wildman–Crippen MR) is 145 cm³/mol. The Balaban J connectivity index is 2.48. The summed E-state index contributed by atoms with van der Waals surface area (Å²) in [5, 5.41) is 0. The minimum absolute atomic E-state index is 0.147. The summed E-state index contributed by atoms with van der Waals surface area (Å²) in [4.78, 5) is 28.8. The zero-order chi connectivity index (χ0) is 26.6. The molecule has 5 nitrogen and oxygen atoms in total. The molecule has 0 radical (unpaired) electrons. The molecule has 0 N–H and O–H groups in total. The number of ether oxygens (including phenoxy) is 2. The number of amides is 1. The lowest BCUT2D eigenvalue weighted by atomic mass is 9.90. The molecule has 0 bridgehead atoms. The summed E-state index contributed by atoms with van der Waals surface area (Å²) in [6.45, 7) is 13.4. The molecule has 0 heterocycles. The van der Waals surface area contributed by atoms with Gasteiger partial charge in [-0.05, 0) is 65.0 Å². The Morgan fingerprint density at radius 3 is 2.19 bits per heavy atom. The first kappa shape index (κ1) is 28.9.